The first-order valence-electron chi connectivity index (χ1n) is 7.32. The summed E-state index contributed by atoms with van der Waals surface area (Å²) in [6.07, 6.45) is -1.24. The highest BCUT2D eigenvalue weighted by Gasteiger charge is 2.60. The topological polar surface area (TPSA) is 57.2 Å². The first-order valence-corrected chi connectivity index (χ1v) is 7.32. The second-order valence-corrected chi connectivity index (χ2v) is 5.31. The van der Waals surface area contributed by atoms with E-state index in [-0.39, 0.29) is 0 Å². The number of aliphatic hydroxyl groups is 1. The van der Waals surface area contributed by atoms with Crippen LogP contribution in [0.25, 0.3) is 0 Å². The van der Waals surface area contributed by atoms with Crippen LogP contribution in [0.4, 0.5) is 0 Å². The van der Waals surface area contributed by atoms with E-state index >= 15 is 0 Å². The van der Waals surface area contributed by atoms with E-state index in [4.69, 9.17) is 18.9 Å². The largest absolute Gasteiger partial charge is 0.454 e. The maximum Gasteiger partial charge on any atom is 0.269 e. The van der Waals surface area contributed by atoms with Crippen molar-refractivity contribution in [3.8, 4) is 5.75 Å². The number of hydrogen-bond donors (Lipinski definition) is 1. The summed E-state index contributed by atoms with van der Waals surface area (Å²) in [6.45, 7) is 0. The van der Waals surface area contributed by atoms with Crippen LogP contribution in [0.2, 0.25) is 0 Å². The van der Waals surface area contributed by atoms with Gasteiger partial charge in [0, 0.05) is 26.9 Å². The fourth-order valence-corrected chi connectivity index (χ4v) is 3.15. The highest BCUT2D eigenvalue weighted by molar-refractivity contribution is 5.43. The van der Waals surface area contributed by atoms with Crippen molar-refractivity contribution in [2.24, 2.45) is 0 Å². The molecule has 23 heavy (non-hydrogen) atoms. The van der Waals surface area contributed by atoms with E-state index in [0.29, 0.717) is 16.9 Å². The van der Waals surface area contributed by atoms with Crippen LogP contribution in [0, 0.1) is 0 Å². The van der Waals surface area contributed by atoms with Gasteiger partial charge in [0.05, 0.1) is 5.56 Å². The van der Waals surface area contributed by atoms with Crippen molar-refractivity contribution < 1.29 is 24.1 Å². The predicted octanol–water partition coefficient (Wildman–Crippen LogP) is 2.38. The Morgan fingerprint density at radius 3 is 2.09 bits per heavy atom. The monoisotopic (exact) mass is 316 g/mol. The van der Waals surface area contributed by atoms with Gasteiger partial charge in [0.15, 0.2) is 6.10 Å². The molecule has 2 atom stereocenters. The zero-order valence-corrected chi connectivity index (χ0v) is 13.4. The molecule has 122 valence electrons. The Kier molecular flexibility index (Phi) is 4.12. The Morgan fingerprint density at radius 1 is 0.870 bits per heavy atom. The van der Waals surface area contributed by atoms with Crippen molar-refractivity contribution in [1.29, 1.82) is 0 Å². The molecular weight excluding hydrogens is 296 g/mol. The highest BCUT2D eigenvalue weighted by Crippen LogP contribution is 2.50. The van der Waals surface area contributed by atoms with Crippen LogP contribution in [0.1, 0.15) is 11.1 Å². The number of fused-ring (bicyclic) bond motifs is 1. The lowest BCUT2D eigenvalue weighted by Gasteiger charge is -2.49. The molecule has 0 saturated carbocycles. The summed E-state index contributed by atoms with van der Waals surface area (Å²) in [5, 5.41) is 11.1. The van der Waals surface area contributed by atoms with Crippen LogP contribution in [0.15, 0.2) is 54.6 Å². The van der Waals surface area contributed by atoms with Gasteiger partial charge in [-0.1, -0.05) is 42.5 Å². The molecule has 1 N–H and O–H groups in total. The third kappa shape index (κ3) is 2.16. The van der Waals surface area contributed by atoms with Crippen LogP contribution < -0.4 is 4.74 Å². The molecule has 2 aromatic rings. The van der Waals surface area contributed by atoms with E-state index in [2.05, 4.69) is 0 Å². The van der Waals surface area contributed by atoms with Gasteiger partial charge >= 0.3 is 0 Å². The number of aliphatic hydroxyl groups excluding tert-OH is 1. The Bertz CT molecular complexity index is 668. The number of benzene rings is 2. The summed E-state index contributed by atoms with van der Waals surface area (Å²) in [5.74, 6) is -2.31. The van der Waals surface area contributed by atoms with Gasteiger partial charge in [0.25, 0.3) is 5.79 Å². The normalized spacial score (nSPS) is 25.5. The number of methoxy groups -OCH3 is 3. The van der Waals surface area contributed by atoms with Crippen molar-refractivity contribution in [2.75, 3.05) is 21.3 Å². The molecule has 1 aliphatic rings. The Balaban J connectivity index is 2.25. The van der Waals surface area contributed by atoms with Crippen LogP contribution in [-0.4, -0.2) is 32.5 Å². The number of ether oxygens (including phenoxy) is 4. The first kappa shape index (κ1) is 16.0. The summed E-state index contributed by atoms with van der Waals surface area (Å²) in [4.78, 5) is 0. The predicted molar refractivity (Wildman–Crippen MR) is 83.9 cm³/mol. The van der Waals surface area contributed by atoms with Crippen LogP contribution in [0.3, 0.4) is 0 Å². The summed E-state index contributed by atoms with van der Waals surface area (Å²) in [5.41, 5.74) is 1.28. The average Bonchev–Trinajstić information content (AvgIpc) is 2.62. The second-order valence-electron chi connectivity index (χ2n) is 5.31. The van der Waals surface area contributed by atoms with Crippen molar-refractivity contribution in [2.45, 2.75) is 17.7 Å². The fraction of sp³-hybridized carbons (Fsp3) is 0.333. The number of para-hydroxylation sites is 1. The summed E-state index contributed by atoms with van der Waals surface area (Å²) in [7, 11) is 4.46. The lowest BCUT2D eigenvalue weighted by atomic mass is 9.86. The van der Waals surface area contributed by atoms with E-state index in [1.807, 2.05) is 42.5 Å². The summed E-state index contributed by atoms with van der Waals surface area (Å²) >= 11 is 0. The Morgan fingerprint density at radius 2 is 1.48 bits per heavy atom. The molecule has 3 rings (SSSR count). The Labute approximate surface area is 135 Å². The standard InChI is InChI=1S/C18H20O5/c1-20-17(13-9-5-4-6-10-13)16(19)18(21-2,22-3)14-11-7-8-12-15(14)23-17/h4-12,16,19H,1-3H3/t16-,17-/m1/s1. The number of rotatable bonds is 4. The second kappa shape index (κ2) is 5.94. The van der Waals surface area contributed by atoms with E-state index in [9.17, 15) is 5.11 Å². The fourth-order valence-electron chi connectivity index (χ4n) is 3.15. The van der Waals surface area contributed by atoms with E-state index in [1.165, 1.54) is 21.3 Å². The van der Waals surface area contributed by atoms with Gasteiger partial charge in [-0.05, 0) is 12.1 Å². The van der Waals surface area contributed by atoms with E-state index in [1.54, 1.807) is 12.1 Å². The van der Waals surface area contributed by atoms with Crippen LogP contribution in [0.5, 0.6) is 5.75 Å². The van der Waals surface area contributed by atoms with Gasteiger partial charge in [0.2, 0.25) is 5.79 Å². The lowest BCUT2D eigenvalue weighted by Crippen LogP contribution is -2.61. The van der Waals surface area contributed by atoms with Gasteiger partial charge in [-0.25, -0.2) is 0 Å². The molecule has 0 fully saturated rings. The Hall–Kier alpha value is -1.92. The smallest absolute Gasteiger partial charge is 0.269 e. The van der Waals surface area contributed by atoms with Crippen molar-refractivity contribution in [1.82, 2.24) is 0 Å². The van der Waals surface area contributed by atoms with Gasteiger partial charge in [-0.3, -0.25) is 0 Å². The van der Waals surface area contributed by atoms with Gasteiger partial charge < -0.3 is 24.1 Å². The molecule has 0 spiro atoms. The minimum Gasteiger partial charge on any atom is -0.454 e. The summed E-state index contributed by atoms with van der Waals surface area (Å²) in [6, 6.07) is 16.5. The van der Waals surface area contributed by atoms with E-state index in [0.717, 1.165) is 0 Å². The van der Waals surface area contributed by atoms with Gasteiger partial charge in [0.1, 0.15) is 5.75 Å². The zero-order chi connectivity index (χ0) is 16.5. The van der Waals surface area contributed by atoms with E-state index < -0.39 is 17.7 Å². The zero-order valence-electron chi connectivity index (χ0n) is 13.4. The molecule has 0 radical (unpaired) electrons. The molecule has 1 aliphatic heterocycles. The number of hydrogen-bond acceptors (Lipinski definition) is 5. The molecule has 0 aliphatic carbocycles. The van der Waals surface area contributed by atoms with Gasteiger partial charge in [-0.15, -0.1) is 0 Å². The molecule has 2 aromatic carbocycles. The van der Waals surface area contributed by atoms with Crippen LogP contribution >= 0.6 is 0 Å². The minimum absolute atomic E-state index is 0.534. The SMILES string of the molecule is COC1(OC)c2ccccc2O[C@](OC)(c2ccccc2)[C@H]1O. The minimum atomic E-state index is -1.44. The molecule has 0 amide bonds. The van der Waals surface area contributed by atoms with Crippen LogP contribution in [-0.2, 0) is 25.8 Å². The third-order valence-electron chi connectivity index (χ3n) is 4.33. The highest BCUT2D eigenvalue weighted by atomic mass is 16.7. The molecule has 0 saturated heterocycles. The maximum atomic E-state index is 11.1. The molecule has 1 heterocycles. The molecule has 5 nitrogen and oxygen atoms in total. The molecular formula is C18H20O5. The molecule has 0 aromatic heterocycles. The van der Waals surface area contributed by atoms with Gasteiger partial charge in [-0.2, -0.15) is 0 Å². The first-order chi connectivity index (χ1) is 11.1. The average molecular weight is 316 g/mol. The lowest BCUT2D eigenvalue weighted by molar-refractivity contribution is -0.363. The third-order valence-corrected chi connectivity index (χ3v) is 4.33. The molecule has 0 unspecified atom stereocenters. The quantitative estimate of drug-likeness (QED) is 0.878. The van der Waals surface area contributed by atoms with Crippen molar-refractivity contribution in [3.05, 3.63) is 65.7 Å². The molecule has 5 heteroatoms. The van der Waals surface area contributed by atoms with Crippen molar-refractivity contribution >= 4 is 0 Å². The summed E-state index contributed by atoms with van der Waals surface area (Å²) < 4.78 is 23.0. The van der Waals surface area contributed by atoms with Crippen molar-refractivity contribution in [3.63, 3.8) is 0 Å². The maximum absolute atomic E-state index is 11.1. The molecule has 0 bridgehead atoms.